The van der Waals surface area contributed by atoms with E-state index >= 15 is 0 Å². The number of ketones is 1. The van der Waals surface area contributed by atoms with Crippen LogP contribution in [0.2, 0.25) is 0 Å². The van der Waals surface area contributed by atoms with Crippen molar-refractivity contribution in [3.63, 3.8) is 0 Å². The van der Waals surface area contributed by atoms with Crippen LogP contribution in [-0.4, -0.2) is 15.7 Å². The number of aromatic nitrogens is 1. The number of pyridine rings is 1. The second kappa shape index (κ2) is 6.49. The molecule has 0 bridgehead atoms. The molecule has 5 rings (SSSR count). The number of rotatable bonds is 2. The summed E-state index contributed by atoms with van der Waals surface area (Å²) in [6, 6.07) is 14.1. The van der Waals surface area contributed by atoms with Crippen LogP contribution in [0.4, 0.5) is 11.4 Å². The molecule has 0 unspecified atom stereocenters. The average molecular weight is 399 g/mol. The molecule has 1 atom stereocenters. The number of hydrogen-bond acceptors (Lipinski definition) is 5. The summed E-state index contributed by atoms with van der Waals surface area (Å²) in [4.78, 5) is 28.5. The number of Topliss-reactive ketones (excluding diaryl/α,β-unsaturated/α-hetero) is 1. The molecule has 150 valence electrons. The van der Waals surface area contributed by atoms with Crippen molar-refractivity contribution in [3.8, 4) is 0 Å². The Hall–Kier alpha value is -3.54. The van der Waals surface area contributed by atoms with Crippen LogP contribution in [0.15, 0.2) is 60.3 Å². The van der Waals surface area contributed by atoms with Gasteiger partial charge in [-0.3, -0.25) is 19.9 Å². The van der Waals surface area contributed by atoms with Crippen LogP contribution in [0, 0.1) is 15.5 Å². The summed E-state index contributed by atoms with van der Waals surface area (Å²) in [7, 11) is 0. The minimum atomic E-state index is -0.411. The molecule has 0 radical (unpaired) electrons. The van der Waals surface area contributed by atoms with Gasteiger partial charge in [-0.05, 0) is 53.3 Å². The quantitative estimate of drug-likeness (QED) is 0.457. The summed E-state index contributed by atoms with van der Waals surface area (Å²) in [5.74, 6) is 0.128. The van der Waals surface area contributed by atoms with E-state index in [0.717, 1.165) is 45.3 Å². The Labute approximate surface area is 173 Å². The van der Waals surface area contributed by atoms with Gasteiger partial charge >= 0.3 is 0 Å². The molecule has 0 saturated heterocycles. The Morgan fingerprint density at radius 3 is 2.60 bits per heavy atom. The Kier molecular flexibility index (Phi) is 4.00. The summed E-state index contributed by atoms with van der Waals surface area (Å²) in [5, 5.41) is 15.6. The topological polar surface area (TPSA) is 85.1 Å². The summed E-state index contributed by atoms with van der Waals surface area (Å²) in [6.07, 6.45) is 3.05. The predicted molar refractivity (Wildman–Crippen MR) is 116 cm³/mol. The Bertz CT molecular complexity index is 1240. The Morgan fingerprint density at radius 1 is 1.10 bits per heavy atom. The second-order valence-corrected chi connectivity index (χ2v) is 8.82. The van der Waals surface area contributed by atoms with E-state index in [9.17, 15) is 14.9 Å². The predicted octanol–water partition coefficient (Wildman–Crippen LogP) is 5.45. The van der Waals surface area contributed by atoms with Gasteiger partial charge in [-0.25, -0.2) is 0 Å². The number of nitrogens with one attached hydrogen (secondary N) is 1. The van der Waals surface area contributed by atoms with Gasteiger partial charge < -0.3 is 5.32 Å². The molecule has 0 fully saturated rings. The van der Waals surface area contributed by atoms with Crippen molar-refractivity contribution < 1.29 is 9.72 Å². The molecule has 30 heavy (non-hydrogen) atoms. The monoisotopic (exact) mass is 399 g/mol. The number of allylic oxidation sites excluding steroid dienone is 1. The molecule has 1 N–H and O–H groups in total. The van der Waals surface area contributed by atoms with Crippen molar-refractivity contribution in [2.24, 2.45) is 5.41 Å². The molecule has 1 aliphatic carbocycles. The van der Waals surface area contributed by atoms with Crippen molar-refractivity contribution in [2.75, 3.05) is 5.32 Å². The number of non-ortho nitro benzene ring substituents is 1. The van der Waals surface area contributed by atoms with Gasteiger partial charge in [0.1, 0.15) is 0 Å². The van der Waals surface area contributed by atoms with Crippen LogP contribution in [0.25, 0.3) is 16.5 Å². The number of carbonyl (C=O) groups excluding carboxylic acids is 1. The molecule has 1 aromatic heterocycles. The van der Waals surface area contributed by atoms with E-state index in [0.29, 0.717) is 6.42 Å². The zero-order valence-corrected chi connectivity index (χ0v) is 16.8. The van der Waals surface area contributed by atoms with E-state index in [2.05, 4.69) is 24.1 Å². The third-order valence-corrected chi connectivity index (χ3v) is 6.03. The lowest BCUT2D eigenvalue weighted by Crippen LogP contribution is -2.33. The molecule has 3 aromatic rings. The van der Waals surface area contributed by atoms with Crippen molar-refractivity contribution >= 4 is 33.6 Å². The number of benzene rings is 2. The third-order valence-electron chi connectivity index (χ3n) is 6.03. The maximum Gasteiger partial charge on any atom is 0.269 e. The van der Waals surface area contributed by atoms with Crippen molar-refractivity contribution in [1.29, 1.82) is 0 Å². The first-order valence-corrected chi connectivity index (χ1v) is 9.99. The molecule has 0 spiro atoms. The average Bonchev–Trinajstić information content (AvgIpc) is 2.72. The lowest BCUT2D eigenvalue weighted by atomic mass is 9.68. The van der Waals surface area contributed by atoms with Gasteiger partial charge in [0, 0.05) is 47.0 Å². The molecular weight excluding hydrogens is 378 g/mol. The number of nitrogens with zero attached hydrogens (tertiary/aromatic N) is 2. The molecule has 0 amide bonds. The van der Waals surface area contributed by atoms with E-state index < -0.39 is 4.92 Å². The van der Waals surface area contributed by atoms with Crippen LogP contribution >= 0.6 is 0 Å². The van der Waals surface area contributed by atoms with Crippen LogP contribution in [0.5, 0.6) is 0 Å². The second-order valence-electron chi connectivity index (χ2n) is 8.82. The van der Waals surface area contributed by atoms with Crippen LogP contribution in [0.1, 0.15) is 43.9 Å². The molecule has 2 aromatic carbocycles. The Balaban J connectivity index is 1.74. The largest absolute Gasteiger partial charge is 0.373 e. The number of hydrogen-bond donors (Lipinski definition) is 1. The van der Waals surface area contributed by atoms with Gasteiger partial charge in [-0.1, -0.05) is 19.9 Å². The summed E-state index contributed by atoms with van der Waals surface area (Å²) in [5.41, 5.74) is 5.50. The smallest absolute Gasteiger partial charge is 0.269 e. The highest BCUT2D eigenvalue weighted by atomic mass is 16.6. The summed E-state index contributed by atoms with van der Waals surface area (Å²) < 4.78 is 0. The van der Waals surface area contributed by atoms with Crippen molar-refractivity contribution in [2.45, 2.75) is 32.7 Å². The van der Waals surface area contributed by atoms with E-state index in [-0.39, 0.29) is 22.9 Å². The highest BCUT2D eigenvalue weighted by molar-refractivity contribution is 6.12. The van der Waals surface area contributed by atoms with Crippen LogP contribution in [-0.2, 0) is 4.79 Å². The summed E-state index contributed by atoms with van der Waals surface area (Å²) >= 11 is 0. The molecule has 0 saturated carbocycles. The molecule has 2 aliphatic rings. The van der Waals surface area contributed by atoms with Crippen LogP contribution < -0.4 is 5.32 Å². The number of nitro benzene ring substituents is 1. The molecular formula is C24H21N3O3. The number of anilines is 1. The number of carbonyl (C=O) groups is 1. The molecule has 6 heteroatoms. The van der Waals surface area contributed by atoms with Gasteiger partial charge in [0.25, 0.3) is 5.69 Å². The van der Waals surface area contributed by atoms with Gasteiger partial charge in [-0.15, -0.1) is 0 Å². The van der Waals surface area contributed by atoms with Gasteiger partial charge in [0.2, 0.25) is 0 Å². The first-order chi connectivity index (χ1) is 14.3. The van der Waals surface area contributed by atoms with E-state index in [4.69, 9.17) is 0 Å². The fraction of sp³-hybridized carbons (Fsp3) is 0.250. The van der Waals surface area contributed by atoms with Crippen molar-refractivity contribution in [1.82, 2.24) is 4.98 Å². The molecule has 6 nitrogen and oxygen atoms in total. The SMILES string of the molecule is CC1(C)CC(=O)C2=C(C1)c1c(ccc3ncccc13)N[C@@H]2c1ccc([N+](=O)[O-])cc1. The van der Waals surface area contributed by atoms with E-state index in [1.54, 1.807) is 18.3 Å². The maximum atomic E-state index is 13.3. The molecule has 1 aliphatic heterocycles. The minimum absolute atomic E-state index is 0.0392. The lowest BCUT2D eigenvalue weighted by molar-refractivity contribution is -0.384. The zero-order chi connectivity index (χ0) is 21.0. The molecule has 2 heterocycles. The maximum absolute atomic E-state index is 13.3. The van der Waals surface area contributed by atoms with E-state index in [1.165, 1.54) is 12.1 Å². The first kappa shape index (κ1) is 18.5. The minimum Gasteiger partial charge on any atom is -0.373 e. The number of nitro groups is 1. The lowest BCUT2D eigenvalue weighted by Gasteiger charge is -2.40. The normalized spacial score (nSPS) is 19.8. The fourth-order valence-electron chi connectivity index (χ4n) is 4.76. The van der Waals surface area contributed by atoms with Crippen LogP contribution in [0.3, 0.4) is 0 Å². The number of fused-ring (bicyclic) bond motifs is 4. The summed E-state index contributed by atoms with van der Waals surface area (Å²) in [6.45, 7) is 4.25. The van der Waals surface area contributed by atoms with E-state index in [1.807, 2.05) is 24.3 Å². The van der Waals surface area contributed by atoms with Gasteiger partial charge in [0.05, 0.1) is 16.5 Å². The van der Waals surface area contributed by atoms with Gasteiger partial charge in [-0.2, -0.15) is 0 Å². The highest BCUT2D eigenvalue weighted by Crippen LogP contribution is 2.51. The highest BCUT2D eigenvalue weighted by Gasteiger charge is 2.40. The Morgan fingerprint density at radius 2 is 1.87 bits per heavy atom. The van der Waals surface area contributed by atoms with Crippen molar-refractivity contribution in [3.05, 3.63) is 81.5 Å². The van der Waals surface area contributed by atoms with Gasteiger partial charge in [0.15, 0.2) is 5.78 Å². The fourth-order valence-corrected chi connectivity index (χ4v) is 4.76. The first-order valence-electron chi connectivity index (χ1n) is 9.99. The zero-order valence-electron chi connectivity index (χ0n) is 16.8. The standard InChI is InChI=1S/C24H21N3O3/c1-24(2)12-17-21-16-4-3-11-25-18(16)9-10-19(21)26-23(22(17)20(28)13-24)14-5-7-15(8-6-14)27(29)30/h3-11,23,26H,12-13H2,1-2H3/t23-/m1/s1. The third kappa shape index (κ3) is 2.87.